The number of nitrogens with zero attached hydrogens (tertiary/aromatic N) is 2. The van der Waals surface area contributed by atoms with Crippen LogP contribution in [0.1, 0.15) is 29.7 Å². The number of nitrogens with one attached hydrogen (secondary N) is 1. The smallest absolute Gasteiger partial charge is 0.140 e. The van der Waals surface area contributed by atoms with Crippen molar-refractivity contribution in [3.05, 3.63) is 93.5 Å². The summed E-state index contributed by atoms with van der Waals surface area (Å²) < 4.78 is 0. The van der Waals surface area contributed by atoms with Crippen LogP contribution in [-0.2, 0) is 0 Å². The van der Waals surface area contributed by atoms with Gasteiger partial charge in [0.15, 0.2) is 0 Å². The van der Waals surface area contributed by atoms with Gasteiger partial charge in [-0.2, -0.15) is 5.10 Å². The maximum Gasteiger partial charge on any atom is 0.140 e. The van der Waals surface area contributed by atoms with Crippen LogP contribution in [0.3, 0.4) is 0 Å². The van der Waals surface area contributed by atoms with Crippen molar-refractivity contribution in [1.29, 1.82) is 0 Å². The van der Waals surface area contributed by atoms with Crippen molar-refractivity contribution >= 4 is 28.9 Å². The third kappa shape index (κ3) is 3.51. The van der Waals surface area contributed by atoms with E-state index in [-0.39, 0.29) is 0 Å². The Morgan fingerprint density at radius 2 is 1.50 bits per heavy atom. The Morgan fingerprint density at radius 3 is 2.10 bits per heavy atom. The Labute approximate surface area is 187 Å². The lowest BCUT2D eigenvalue weighted by Crippen LogP contribution is -3.14. The fourth-order valence-corrected chi connectivity index (χ4v) is 5.36. The number of hydrogen-bond donors (Lipinski definition) is 1. The summed E-state index contributed by atoms with van der Waals surface area (Å²) in [5.41, 5.74) is 7.55. The quantitative estimate of drug-likeness (QED) is 0.590. The van der Waals surface area contributed by atoms with Crippen LogP contribution >= 0.6 is 23.2 Å². The van der Waals surface area contributed by atoms with Gasteiger partial charge in [-0.1, -0.05) is 77.8 Å². The van der Waals surface area contributed by atoms with Crippen LogP contribution < -0.4 is 4.90 Å². The second-order valence-corrected chi connectivity index (χ2v) is 8.87. The number of rotatable bonds is 3. The third-order valence-corrected chi connectivity index (χ3v) is 6.78. The molecule has 0 aromatic heterocycles. The molecule has 1 aliphatic heterocycles. The average molecular weight is 437 g/mol. The molecule has 3 aromatic carbocycles. The molecule has 0 atom stereocenters. The van der Waals surface area contributed by atoms with Crippen molar-refractivity contribution in [2.24, 2.45) is 5.10 Å². The molecule has 30 heavy (non-hydrogen) atoms. The highest BCUT2D eigenvalue weighted by Gasteiger charge is 2.37. The molecule has 3 aromatic rings. The Bertz CT molecular complexity index is 1070. The number of hydrazone groups is 1. The highest BCUT2D eigenvalue weighted by Crippen LogP contribution is 2.41. The molecule has 3 nitrogen and oxygen atoms in total. The summed E-state index contributed by atoms with van der Waals surface area (Å²) >= 11 is 12.4. The van der Waals surface area contributed by atoms with Crippen LogP contribution in [0, 0.1) is 0 Å². The third-order valence-electron chi connectivity index (χ3n) is 6.24. The number of piperazine rings is 1. The number of halogens is 2. The van der Waals surface area contributed by atoms with Gasteiger partial charge in [-0.15, -0.1) is 0 Å². The largest absolute Gasteiger partial charge is 0.322 e. The summed E-state index contributed by atoms with van der Waals surface area (Å²) in [5, 5.41) is 8.32. The van der Waals surface area contributed by atoms with E-state index in [9.17, 15) is 0 Å². The Balaban J connectivity index is 1.34. The van der Waals surface area contributed by atoms with Crippen LogP contribution in [0.4, 0.5) is 0 Å². The molecule has 1 fully saturated rings. The van der Waals surface area contributed by atoms with E-state index < -0.39 is 0 Å². The predicted octanol–water partition coefficient (Wildman–Crippen LogP) is 4.69. The zero-order valence-electron chi connectivity index (χ0n) is 16.9. The van der Waals surface area contributed by atoms with Crippen molar-refractivity contribution in [2.75, 3.05) is 26.2 Å². The van der Waals surface area contributed by atoms with E-state index in [0.29, 0.717) is 16.1 Å². The normalized spacial score (nSPS) is 17.2. The van der Waals surface area contributed by atoms with Gasteiger partial charge in [0, 0.05) is 21.7 Å². The van der Waals surface area contributed by atoms with E-state index in [1.54, 1.807) is 11.0 Å². The summed E-state index contributed by atoms with van der Waals surface area (Å²) in [6.07, 6.45) is 0. The van der Waals surface area contributed by atoms with Gasteiger partial charge in [0.05, 0.1) is 36.9 Å². The van der Waals surface area contributed by atoms with Gasteiger partial charge in [0.25, 0.3) is 0 Å². The Kier molecular flexibility index (Phi) is 5.28. The Morgan fingerprint density at radius 1 is 0.900 bits per heavy atom. The van der Waals surface area contributed by atoms with Crippen LogP contribution in [-0.4, -0.2) is 36.9 Å². The second kappa shape index (κ2) is 8.07. The maximum atomic E-state index is 6.36. The molecule has 0 radical (unpaired) electrons. The lowest BCUT2D eigenvalue weighted by atomic mass is 10.0. The topological polar surface area (TPSA) is 20.0 Å². The first-order valence-corrected chi connectivity index (χ1v) is 11.2. The van der Waals surface area contributed by atoms with E-state index in [4.69, 9.17) is 28.3 Å². The molecule has 0 unspecified atom stereocenters. The first kappa shape index (κ1) is 19.6. The maximum absolute atomic E-state index is 6.36. The zero-order valence-corrected chi connectivity index (χ0v) is 18.4. The fraction of sp³-hybridized carbons (Fsp3) is 0.240. The molecule has 0 bridgehead atoms. The molecule has 2 aliphatic rings. The number of benzene rings is 3. The zero-order chi connectivity index (χ0) is 20.7. The van der Waals surface area contributed by atoms with Crippen LogP contribution in [0.2, 0.25) is 10.0 Å². The number of quaternary nitrogens is 1. The molecular formula is C25H24Cl2N3+. The van der Waals surface area contributed by atoms with E-state index in [1.807, 2.05) is 19.1 Å². The Hall–Kier alpha value is -2.33. The summed E-state index contributed by atoms with van der Waals surface area (Å²) in [7, 11) is 0. The number of fused-ring (bicyclic) bond motifs is 3. The minimum Gasteiger partial charge on any atom is -0.322 e. The van der Waals surface area contributed by atoms with Crippen LogP contribution in [0.15, 0.2) is 71.8 Å². The van der Waals surface area contributed by atoms with Gasteiger partial charge in [-0.25, -0.2) is 0 Å². The monoisotopic (exact) mass is 436 g/mol. The molecule has 0 amide bonds. The summed E-state index contributed by atoms with van der Waals surface area (Å²) in [5.74, 6) is 0. The lowest BCUT2D eigenvalue weighted by molar-refractivity contribution is -0.929. The summed E-state index contributed by atoms with van der Waals surface area (Å²) in [6, 6.07) is 23.7. The second-order valence-electron chi connectivity index (χ2n) is 8.03. The first-order chi connectivity index (χ1) is 14.6. The van der Waals surface area contributed by atoms with E-state index in [0.717, 1.165) is 37.5 Å². The first-order valence-electron chi connectivity index (χ1n) is 10.4. The molecule has 5 rings (SSSR count). The minimum absolute atomic E-state index is 0.412. The van der Waals surface area contributed by atoms with Gasteiger partial charge in [0.1, 0.15) is 6.04 Å². The van der Waals surface area contributed by atoms with Gasteiger partial charge < -0.3 is 4.90 Å². The van der Waals surface area contributed by atoms with Crippen molar-refractivity contribution in [2.45, 2.75) is 13.0 Å². The number of hydrogen-bond acceptors (Lipinski definition) is 2. The van der Waals surface area contributed by atoms with Gasteiger partial charge in [-0.3, -0.25) is 5.01 Å². The SMILES string of the molecule is C/C(=N/N1CC[NH+](C2c3ccccc3-c3ccccc32)CC1)c1ccc(Cl)cc1Cl. The molecule has 0 saturated carbocycles. The predicted molar refractivity (Wildman–Crippen MR) is 125 cm³/mol. The van der Waals surface area contributed by atoms with Gasteiger partial charge in [0.2, 0.25) is 0 Å². The minimum atomic E-state index is 0.412. The van der Waals surface area contributed by atoms with Crippen molar-refractivity contribution < 1.29 is 4.90 Å². The molecule has 0 spiro atoms. The van der Waals surface area contributed by atoms with E-state index >= 15 is 0 Å². The van der Waals surface area contributed by atoms with E-state index in [1.165, 1.54) is 22.3 Å². The molecule has 1 N–H and O–H groups in total. The molecule has 5 heteroatoms. The average Bonchev–Trinajstić information content (AvgIpc) is 3.09. The van der Waals surface area contributed by atoms with Crippen LogP contribution in [0.5, 0.6) is 0 Å². The lowest BCUT2D eigenvalue weighted by Gasteiger charge is -2.35. The van der Waals surface area contributed by atoms with Crippen molar-refractivity contribution in [3.8, 4) is 11.1 Å². The van der Waals surface area contributed by atoms with Crippen molar-refractivity contribution in [1.82, 2.24) is 5.01 Å². The molecule has 1 saturated heterocycles. The van der Waals surface area contributed by atoms with Crippen molar-refractivity contribution in [3.63, 3.8) is 0 Å². The molecule has 1 aliphatic carbocycles. The molecular weight excluding hydrogens is 413 g/mol. The molecule has 1 heterocycles. The molecule has 152 valence electrons. The van der Waals surface area contributed by atoms with Gasteiger partial charge >= 0.3 is 0 Å². The van der Waals surface area contributed by atoms with E-state index in [2.05, 4.69) is 53.5 Å². The summed E-state index contributed by atoms with van der Waals surface area (Å²) in [6.45, 7) is 5.98. The highest BCUT2D eigenvalue weighted by molar-refractivity contribution is 6.37. The standard InChI is InChI=1S/C25H23Cl2N3/c1-17(19-11-10-18(26)16-24(19)27)28-30-14-12-29(13-15-30)25-22-8-4-2-6-20(22)21-7-3-5-9-23(21)25/h2-11,16,25H,12-15H2,1H3/p+1/b28-17-. The van der Waals surface area contributed by atoms with Crippen LogP contribution in [0.25, 0.3) is 11.1 Å². The van der Waals surface area contributed by atoms with Gasteiger partial charge in [-0.05, 0) is 30.2 Å². The summed E-state index contributed by atoms with van der Waals surface area (Å²) in [4.78, 5) is 1.61. The fourth-order valence-electron chi connectivity index (χ4n) is 4.82. The highest BCUT2D eigenvalue weighted by atomic mass is 35.5.